The van der Waals surface area contributed by atoms with Crippen molar-refractivity contribution in [2.24, 2.45) is 0 Å². The smallest absolute Gasteiger partial charge is 0.270 e. The second kappa shape index (κ2) is 8.70. The molecule has 0 fully saturated rings. The molecule has 0 unspecified atom stereocenters. The molecule has 0 amide bonds. The lowest BCUT2D eigenvalue weighted by Gasteiger charge is -2.18. The number of benzene rings is 2. The highest BCUT2D eigenvalue weighted by Crippen LogP contribution is 2.18. The molecule has 2 aromatic rings. The van der Waals surface area contributed by atoms with Crippen LogP contribution in [-0.2, 0) is 10.0 Å². The van der Waals surface area contributed by atoms with Gasteiger partial charge in [-0.05, 0) is 35.9 Å². The minimum absolute atomic E-state index is 0.0597. The highest BCUT2D eigenvalue weighted by atomic mass is 32.2. The number of ketones is 1. The zero-order chi connectivity index (χ0) is 20.0. The van der Waals surface area contributed by atoms with Crippen LogP contribution in [0.5, 0.6) is 0 Å². The van der Waals surface area contributed by atoms with Crippen LogP contribution in [-0.4, -0.2) is 36.5 Å². The van der Waals surface area contributed by atoms with Gasteiger partial charge in [-0.3, -0.25) is 14.9 Å². The fraction of sp³-hybridized carbons (Fsp3) is 0.211. The minimum Gasteiger partial charge on any atom is -0.289 e. The Bertz CT molecular complexity index is 962. The molecule has 0 aromatic heterocycles. The van der Waals surface area contributed by atoms with Crippen molar-refractivity contribution in [2.45, 2.75) is 18.7 Å². The quantitative estimate of drug-likeness (QED) is 0.298. The number of hydrogen-bond acceptors (Lipinski definition) is 5. The van der Waals surface area contributed by atoms with Crippen molar-refractivity contribution in [3.63, 3.8) is 0 Å². The van der Waals surface area contributed by atoms with Crippen LogP contribution in [0.25, 0.3) is 6.08 Å². The summed E-state index contributed by atoms with van der Waals surface area (Å²) in [7, 11) is -3.57. The number of hydrogen-bond donors (Lipinski definition) is 0. The summed E-state index contributed by atoms with van der Waals surface area (Å²) < 4.78 is 26.2. The van der Waals surface area contributed by atoms with Crippen LogP contribution < -0.4 is 0 Å². The molecule has 2 aromatic carbocycles. The second-order valence-corrected chi connectivity index (χ2v) is 7.60. The van der Waals surface area contributed by atoms with Gasteiger partial charge in [0.05, 0.1) is 9.82 Å². The van der Waals surface area contributed by atoms with E-state index in [9.17, 15) is 23.3 Å². The van der Waals surface area contributed by atoms with E-state index in [0.717, 1.165) is 0 Å². The number of allylic oxidation sites excluding steroid dienone is 1. The van der Waals surface area contributed by atoms with Crippen molar-refractivity contribution >= 4 is 27.6 Å². The molecule has 0 heterocycles. The average molecular weight is 388 g/mol. The number of carbonyl (C=O) groups is 1. The molecule has 0 radical (unpaired) electrons. The highest BCUT2D eigenvalue weighted by molar-refractivity contribution is 7.89. The third-order valence-corrected chi connectivity index (χ3v) is 6.05. The first-order valence-corrected chi connectivity index (χ1v) is 9.80. The van der Waals surface area contributed by atoms with Crippen LogP contribution in [0.2, 0.25) is 0 Å². The molecule has 0 aliphatic carbocycles. The first-order chi connectivity index (χ1) is 12.8. The van der Waals surface area contributed by atoms with Gasteiger partial charge in [-0.2, -0.15) is 4.31 Å². The van der Waals surface area contributed by atoms with E-state index in [4.69, 9.17) is 0 Å². The van der Waals surface area contributed by atoms with Gasteiger partial charge < -0.3 is 0 Å². The predicted octanol–water partition coefficient (Wildman–Crippen LogP) is 3.52. The molecule has 142 valence electrons. The summed E-state index contributed by atoms with van der Waals surface area (Å²) in [6, 6.07) is 11.6. The largest absolute Gasteiger partial charge is 0.289 e. The Hall–Kier alpha value is -2.84. The Balaban J connectivity index is 2.19. The molecule has 0 saturated heterocycles. The van der Waals surface area contributed by atoms with Crippen LogP contribution in [0.1, 0.15) is 29.8 Å². The SMILES string of the molecule is CCN(CC)S(=O)(=O)c1ccc(C(=O)/C=C/c2cccc([N+](=O)[O-])c2)cc1. The van der Waals surface area contributed by atoms with Crippen molar-refractivity contribution in [2.75, 3.05) is 13.1 Å². The first-order valence-electron chi connectivity index (χ1n) is 8.36. The van der Waals surface area contributed by atoms with Gasteiger partial charge >= 0.3 is 0 Å². The highest BCUT2D eigenvalue weighted by Gasteiger charge is 2.21. The average Bonchev–Trinajstić information content (AvgIpc) is 2.67. The Morgan fingerprint density at radius 1 is 1.11 bits per heavy atom. The van der Waals surface area contributed by atoms with Crippen LogP contribution in [0.3, 0.4) is 0 Å². The molecule has 0 spiro atoms. The summed E-state index contributed by atoms with van der Waals surface area (Å²) in [6.07, 6.45) is 2.78. The molecule has 0 atom stereocenters. The number of rotatable bonds is 8. The zero-order valence-electron chi connectivity index (χ0n) is 15.0. The number of nitrogens with zero attached hydrogens (tertiary/aromatic N) is 2. The molecule has 0 aliphatic rings. The molecule has 27 heavy (non-hydrogen) atoms. The van der Waals surface area contributed by atoms with Gasteiger partial charge in [-0.15, -0.1) is 0 Å². The van der Waals surface area contributed by atoms with Gasteiger partial charge in [0, 0.05) is 30.8 Å². The molecular formula is C19H20N2O5S. The topological polar surface area (TPSA) is 97.6 Å². The molecule has 7 nitrogen and oxygen atoms in total. The van der Waals surface area contributed by atoms with Crippen LogP contribution >= 0.6 is 0 Å². The zero-order valence-corrected chi connectivity index (χ0v) is 15.8. The lowest BCUT2D eigenvalue weighted by Crippen LogP contribution is -2.30. The normalized spacial score (nSPS) is 11.8. The summed E-state index contributed by atoms with van der Waals surface area (Å²) in [5.41, 5.74) is 0.795. The standard InChI is InChI=1S/C19H20N2O5S/c1-3-20(4-2)27(25,26)18-11-9-16(10-12-18)19(22)13-8-15-6-5-7-17(14-15)21(23)24/h5-14H,3-4H2,1-2H3/b13-8+. The Labute approximate surface area is 158 Å². The van der Waals surface area contributed by atoms with E-state index >= 15 is 0 Å². The second-order valence-electron chi connectivity index (χ2n) is 5.66. The number of nitro groups is 1. The Morgan fingerprint density at radius 3 is 2.30 bits per heavy atom. The van der Waals surface area contributed by atoms with Crippen molar-refractivity contribution in [1.29, 1.82) is 0 Å². The summed E-state index contributed by atoms with van der Waals surface area (Å²) in [4.78, 5) is 22.7. The van der Waals surface area contributed by atoms with Crippen molar-refractivity contribution in [3.8, 4) is 0 Å². The van der Waals surface area contributed by atoms with E-state index in [2.05, 4.69) is 0 Å². The van der Waals surface area contributed by atoms with Gasteiger partial charge in [0.1, 0.15) is 0 Å². The number of non-ortho nitro benzene ring substituents is 1. The van der Waals surface area contributed by atoms with Gasteiger partial charge in [-0.1, -0.05) is 32.1 Å². The molecule has 0 N–H and O–H groups in total. The molecule has 0 saturated carbocycles. The lowest BCUT2D eigenvalue weighted by atomic mass is 10.1. The van der Waals surface area contributed by atoms with Crippen LogP contribution in [0.4, 0.5) is 5.69 Å². The van der Waals surface area contributed by atoms with Gasteiger partial charge in [0.15, 0.2) is 5.78 Å². The number of nitro benzene ring substituents is 1. The number of sulfonamides is 1. The monoisotopic (exact) mass is 388 g/mol. The summed E-state index contributed by atoms with van der Waals surface area (Å²) in [5.74, 6) is -0.326. The van der Waals surface area contributed by atoms with E-state index in [-0.39, 0.29) is 16.4 Å². The summed E-state index contributed by atoms with van der Waals surface area (Å²) >= 11 is 0. The maximum absolute atomic E-state index is 12.4. The number of carbonyl (C=O) groups excluding carboxylic acids is 1. The molecular weight excluding hydrogens is 368 g/mol. The minimum atomic E-state index is -3.57. The molecule has 0 bridgehead atoms. The lowest BCUT2D eigenvalue weighted by molar-refractivity contribution is -0.384. The van der Waals surface area contributed by atoms with E-state index < -0.39 is 14.9 Å². The van der Waals surface area contributed by atoms with Crippen molar-refractivity contribution in [1.82, 2.24) is 4.31 Å². The Morgan fingerprint density at radius 2 is 1.74 bits per heavy atom. The van der Waals surface area contributed by atoms with Crippen LogP contribution in [0.15, 0.2) is 59.5 Å². The summed E-state index contributed by atoms with van der Waals surface area (Å²) in [6.45, 7) is 4.26. The summed E-state index contributed by atoms with van der Waals surface area (Å²) in [5, 5.41) is 10.8. The molecule has 2 rings (SSSR count). The van der Waals surface area contributed by atoms with Crippen molar-refractivity contribution in [3.05, 3.63) is 75.8 Å². The van der Waals surface area contributed by atoms with Gasteiger partial charge in [0.25, 0.3) is 5.69 Å². The first kappa shape index (κ1) is 20.5. The molecule has 8 heteroatoms. The van der Waals surface area contributed by atoms with E-state index in [0.29, 0.717) is 24.2 Å². The van der Waals surface area contributed by atoms with E-state index in [1.807, 2.05) is 0 Å². The van der Waals surface area contributed by atoms with Crippen molar-refractivity contribution < 1.29 is 18.1 Å². The molecule has 0 aliphatic heterocycles. The van der Waals surface area contributed by atoms with E-state index in [1.54, 1.807) is 19.9 Å². The third-order valence-electron chi connectivity index (χ3n) is 3.99. The maximum atomic E-state index is 12.4. The predicted molar refractivity (Wildman–Crippen MR) is 103 cm³/mol. The van der Waals surface area contributed by atoms with Crippen LogP contribution in [0, 0.1) is 10.1 Å². The van der Waals surface area contributed by atoms with Gasteiger partial charge in [-0.25, -0.2) is 8.42 Å². The fourth-order valence-electron chi connectivity index (χ4n) is 2.51. The Kier molecular flexibility index (Phi) is 6.59. The fourth-order valence-corrected chi connectivity index (χ4v) is 3.97. The van der Waals surface area contributed by atoms with Gasteiger partial charge in [0.2, 0.25) is 10.0 Å². The maximum Gasteiger partial charge on any atom is 0.270 e. The van der Waals surface area contributed by atoms with E-state index in [1.165, 1.54) is 58.9 Å². The third kappa shape index (κ3) is 4.87.